The van der Waals surface area contributed by atoms with Crippen LogP contribution in [0, 0.1) is 0 Å². The van der Waals surface area contributed by atoms with Crippen molar-refractivity contribution >= 4 is 40.1 Å². The van der Waals surface area contributed by atoms with Crippen LogP contribution in [0.3, 0.4) is 0 Å². The first-order valence-corrected chi connectivity index (χ1v) is 10.8. The summed E-state index contributed by atoms with van der Waals surface area (Å²) < 4.78 is 1.87. The molecule has 0 amide bonds. The van der Waals surface area contributed by atoms with Gasteiger partial charge >= 0.3 is 5.97 Å². The molecule has 4 aromatic rings. The lowest BCUT2D eigenvalue weighted by atomic mass is 10.1. The molecule has 4 nitrogen and oxygen atoms in total. The van der Waals surface area contributed by atoms with Crippen LogP contribution in [-0.2, 0) is 19.5 Å². The van der Waals surface area contributed by atoms with E-state index in [1.54, 1.807) is 0 Å². The Morgan fingerprint density at radius 2 is 1.48 bits per heavy atom. The molecule has 0 saturated heterocycles. The topological polar surface area (TPSA) is 54.3 Å². The predicted octanol–water partition coefficient (Wildman–Crippen LogP) is 6.03. The highest BCUT2D eigenvalue weighted by molar-refractivity contribution is 6.30. The number of rotatable bonds is 8. The average molecular weight is 453 g/mol. The predicted molar refractivity (Wildman–Crippen MR) is 126 cm³/mol. The van der Waals surface area contributed by atoms with Gasteiger partial charge in [-0.1, -0.05) is 65.7 Å². The number of nitrogens with one attached hydrogen (secondary N) is 1. The molecule has 3 aromatic carbocycles. The van der Waals surface area contributed by atoms with Gasteiger partial charge in [0.05, 0.1) is 0 Å². The third-order valence-electron chi connectivity index (χ3n) is 5.34. The fraction of sp³-hybridized carbons (Fsp3) is 0.160. The maximum absolute atomic E-state index is 12.3. The van der Waals surface area contributed by atoms with Gasteiger partial charge in [0, 0.05) is 39.6 Å². The van der Waals surface area contributed by atoms with E-state index in [0.29, 0.717) is 23.8 Å². The number of carboxylic acids is 1. The fourth-order valence-corrected chi connectivity index (χ4v) is 4.08. The van der Waals surface area contributed by atoms with Gasteiger partial charge in [-0.3, -0.25) is 0 Å². The summed E-state index contributed by atoms with van der Waals surface area (Å²) in [5.74, 6) is -0.931. The van der Waals surface area contributed by atoms with Crippen LogP contribution >= 0.6 is 23.2 Å². The van der Waals surface area contributed by atoms with E-state index in [9.17, 15) is 9.90 Å². The zero-order valence-electron chi connectivity index (χ0n) is 16.8. The number of fused-ring (bicyclic) bond motifs is 1. The number of aromatic carboxylic acids is 1. The van der Waals surface area contributed by atoms with E-state index < -0.39 is 5.97 Å². The summed E-state index contributed by atoms with van der Waals surface area (Å²) in [4.78, 5) is 12.3. The molecule has 158 valence electrons. The van der Waals surface area contributed by atoms with E-state index in [1.807, 2.05) is 77.4 Å². The van der Waals surface area contributed by atoms with Crippen molar-refractivity contribution in [3.8, 4) is 0 Å². The average Bonchev–Trinajstić information content (AvgIpc) is 3.08. The highest BCUT2D eigenvalue weighted by atomic mass is 35.5. The molecular weight excluding hydrogens is 431 g/mol. The smallest absolute Gasteiger partial charge is 0.352 e. The van der Waals surface area contributed by atoms with Crippen molar-refractivity contribution in [2.75, 3.05) is 6.54 Å². The van der Waals surface area contributed by atoms with Crippen molar-refractivity contribution in [1.29, 1.82) is 0 Å². The lowest BCUT2D eigenvalue weighted by Crippen LogP contribution is -2.19. The minimum absolute atomic E-state index is 0.315. The van der Waals surface area contributed by atoms with Gasteiger partial charge < -0.3 is 15.0 Å². The Hall–Kier alpha value is -2.79. The molecule has 0 fully saturated rings. The van der Waals surface area contributed by atoms with Crippen LogP contribution < -0.4 is 5.32 Å². The molecule has 31 heavy (non-hydrogen) atoms. The quantitative estimate of drug-likeness (QED) is 0.321. The Balaban J connectivity index is 1.59. The van der Waals surface area contributed by atoms with Crippen LogP contribution in [0.25, 0.3) is 10.9 Å². The monoisotopic (exact) mass is 452 g/mol. The van der Waals surface area contributed by atoms with Gasteiger partial charge in [-0.15, -0.1) is 0 Å². The fourth-order valence-electron chi connectivity index (χ4n) is 3.83. The molecule has 0 saturated carbocycles. The van der Waals surface area contributed by atoms with Gasteiger partial charge in [-0.25, -0.2) is 4.79 Å². The minimum Gasteiger partial charge on any atom is -0.477 e. The second-order valence-corrected chi connectivity index (χ2v) is 8.29. The van der Waals surface area contributed by atoms with E-state index in [1.165, 1.54) is 5.56 Å². The molecule has 0 unspecified atom stereocenters. The largest absolute Gasteiger partial charge is 0.477 e. The van der Waals surface area contributed by atoms with Crippen molar-refractivity contribution in [3.05, 3.63) is 105 Å². The van der Waals surface area contributed by atoms with E-state index in [-0.39, 0.29) is 0 Å². The van der Waals surface area contributed by atoms with Crippen LogP contribution in [0.4, 0.5) is 0 Å². The number of carbonyl (C=O) groups is 1. The lowest BCUT2D eigenvalue weighted by molar-refractivity contribution is 0.0685. The molecule has 0 aliphatic carbocycles. The van der Waals surface area contributed by atoms with Crippen LogP contribution in [0.1, 0.15) is 27.2 Å². The molecule has 0 radical (unpaired) electrons. The molecule has 4 rings (SSSR count). The maximum Gasteiger partial charge on any atom is 0.352 e. The number of carboxylic acid groups (broad SMARTS) is 1. The number of nitrogens with zero attached hydrogens (tertiary/aromatic N) is 1. The molecule has 2 N–H and O–H groups in total. The number of aromatic nitrogens is 1. The molecule has 0 spiro atoms. The molecule has 0 aliphatic rings. The highest BCUT2D eigenvalue weighted by Gasteiger charge is 2.22. The van der Waals surface area contributed by atoms with Gasteiger partial charge in [0.2, 0.25) is 0 Å². The van der Waals surface area contributed by atoms with Gasteiger partial charge in [0.15, 0.2) is 0 Å². The first kappa shape index (κ1) is 21.4. The van der Waals surface area contributed by atoms with Crippen LogP contribution in [0.15, 0.2) is 72.8 Å². The summed E-state index contributed by atoms with van der Waals surface area (Å²) in [5.41, 5.74) is 4.20. The van der Waals surface area contributed by atoms with Gasteiger partial charge in [0.25, 0.3) is 0 Å². The number of benzene rings is 3. The van der Waals surface area contributed by atoms with E-state index in [2.05, 4.69) is 5.32 Å². The molecule has 1 heterocycles. The van der Waals surface area contributed by atoms with E-state index in [4.69, 9.17) is 23.2 Å². The highest BCUT2D eigenvalue weighted by Crippen LogP contribution is 2.28. The summed E-state index contributed by atoms with van der Waals surface area (Å²) in [6.07, 6.45) is 0.836. The van der Waals surface area contributed by atoms with Gasteiger partial charge in [0.1, 0.15) is 5.69 Å². The SMILES string of the molecule is O=C(O)c1c(CNCCc2ccc(Cl)cc2)c2ccccc2n1Cc1ccc(Cl)cc1. The third-order valence-corrected chi connectivity index (χ3v) is 5.84. The van der Waals surface area contributed by atoms with Gasteiger partial charge in [-0.2, -0.15) is 0 Å². The molecule has 0 aliphatic heterocycles. The van der Waals surface area contributed by atoms with Crippen molar-refractivity contribution < 1.29 is 9.90 Å². The normalized spacial score (nSPS) is 11.2. The minimum atomic E-state index is -0.931. The standard InChI is InChI=1S/C25H22Cl2N2O2/c26-19-9-5-17(6-10-19)13-14-28-15-22-21-3-1-2-4-23(21)29(24(22)25(30)31)16-18-7-11-20(27)12-8-18/h1-12,28H,13-16H2,(H,30,31). The van der Waals surface area contributed by atoms with Crippen molar-refractivity contribution in [1.82, 2.24) is 9.88 Å². The van der Waals surface area contributed by atoms with Crippen molar-refractivity contribution in [2.24, 2.45) is 0 Å². The Labute approximate surface area is 191 Å². The Morgan fingerprint density at radius 1 is 0.871 bits per heavy atom. The number of hydrogen-bond acceptors (Lipinski definition) is 2. The maximum atomic E-state index is 12.3. The summed E-state index contributed by atoms with van der Waals surface area (Å²) >= 11 is 11.9. The van der Waals surface area contributed by atoms with Gasteiger partial charge in [-0.05, 0) is 54.4 Å². The van der Waals surface area contributed by atoms with Crippen LogP contribution in [0.5, 0.6) is 0 Å². The molecule has 6 heteroatoms. The molecule has 1 aromatic heterocycles. The second kappa shape index (κ2) is 9.56. The zero-order valence-corrected chi connectivity index (χ0v) is 18.3. The summed E-state index contributed by atoms with van der Waals surface area (Å²) in [5, 5.41) is 15.8. The lowest BCUT2D eigenvalue weighted by Gasteiger charge is -2.10. The second-order valence-electron chi connectivity index (χ2n) is 7.42. The van der Waals surface area contributed by atoms with Crippen molar-refractivity contribution in [2.45, 2.75) is 19.5 Å². The van der Waals surface area contributed by atoms with Crippen LogP contribution in [-0.4, -0.2) is 22.2 Å². The molecule has 0 bridgehead atoms. The number of para-hydroxylation sites is 1. The third kappa shape index (κ3) is 4.93. The zero-order chi connectivity index (χ0) is 21.8. The number of hydrogen-bond donors (Lipinski definition) is 2. The van der Waals surface area contributed by atoms with Crippen LogP contribution in [0.2, 0.25) is 10.0 Å². The molecule has 0 atom stereocenters. The van der Waals surface area contributed by atoms with Crippen molar-refractivity contribution in [3.63, 3.8) is 0 Å². The summed E-state index contributed by atoms with van der Waals surface area (Å²) in [7, 11) is 0. The summed E-state index contributed by atoms with van der Waals surface area (Å²) in [6.45, 7) is 1.67. The Bertz CT molecular complexity index is 1200. The number of halogens is 2. The Kier molecular flexibility index (Phi) is 6.62. The molecular formula is C25H22Cl2N2O2. The first-order chi connectivity index (χ1) is 15.0. The van der Waals surface area contributed by atoms with E-state index >= 15 is 0 Å². The van der Waals surface area contributed by atoms with E-state index in [0.717, 1.165) is 40.0 Å². The Morgan fingerprint density at radius 3 is 2.13 bits per heavy atom. The first-order valence-electron chi connectivity index (χ1n) is 10.1. The summed E-state index contributed by atoms with van der Waals surface area (Å²) in [6, 6.07) is 23.1.